The average Bonchev–Trinajstić information content (AvgIpc) is 2.38. The fourth-order valence-corrected chi connectivity index (χ4v) is 1.86. The molecule has 0 spiro atoms. The summed E-state index contributed by atoms with van der Waals surface area (Å²) in [6, 6.07) is 1.13. The molecule has 0 fully saturated rings. The topological polar surface area (TPSA) is 65.5 Å². The minimum atomic E-state index is -1.29. The molecule has 0 aliphatic heterocycles. The van der Waals surface area contributed by atoms with E-state index in [4.69, 9.17) is 5.11 Å². The van der Waals surface area contributed by atoms with Gasteiger partial charge in [0.05, 0.1) is 0 Å². The van der Waals surface area contributed by atoms with Gasteiger partial charge in [-0.25, -0.2) is 14.2 Å². The van der Waals surface area contributed by atoms with Crippen LogP contribution < -0.4 is 5.32 Å². The molecular weight excluding hydrogens is 249 g/mol. The van der Waals surface area contributed by atoms with Gasteiger partial charge in [0.15, 0.2) is 11.6 Å². The molecular formula is C13H20FN3O2. The lowest BCUT2D eigenvalue weighted by Crippen LogP contribution is -2.35. The monoisotopic (exact) mass is 269 g/mol. The number of hydrogen-bond acceptors (Lipinski definition) is 4. The SMILES string of the molecule is CCN(CC)CC(C)Nc1nccc(C(=O)O)c1F. The molecule has 1 aromatic heterocycles. The van der Waals surface area contributed by atoms with Crippen molar-refractivity contribution in [3.05, 3.63) is 23.6 Å². The fourth-order valence-electron chi connectivity index (χ4n) is 1.86. The number of nitrogens with zero attached hydrogens (tertiary/aromatic N) is 2. The van der Waals surface area contributed by atoms with Crippen molar-refractivity contribution in [2.24, 2.45) is 0 Å². The number of carbonyl (C=O) groups is 1. The van der Waals surface area contributed by atoms with Gasteiger partial charge < -0.3 is 15.3 Å². The summed E-state index contributed by atoms with van der Waals surface area (Å²) < 4.78 is 13.9. The molecule has 1 unspecified atom stereocenters. The van der Waals surface area contributed by atoms with Gasteiger partial charge in [0.1, 0.15) is 5.56 Å². The van der Waals surface area contributed by atoms with Crippen LogP contribution in [-0.2, 0) is 0 Å². The Balaban J connectivity index is 2.77. The number of hydrogen-bond donors (Lipinski definition) is 2. The smallest absolute Gasteiger partial charge is 0.338 e. The second-order valence-electron chi connectivity index (χ2n) is 4.36. The van der Waals surface area contributed by atoms with Crippen LogP contribution in [0.4, 0.5) is 10.2 Å². The summed E-state index contributed by atoms with van der Waals surface area (Å²) in [4.78, 5) is 16.9. The first-order chi connectivity index (χ1) is 8.99. The van der Waals surface area contributed by atoms with E-state index in [1.165, 1.54) is 6.20 Å². The van der Waals surface area contributed by atoms with Crippen LogP contribution in [0, 0.1) is 5.82 Å². The molecule has 2 N–H and O–H groups in total. The van der Waals surface area contributed by atoms with E-state index in [1.807, 2.05) is 6.92 Å². The summed E-state index contributed by atoms with van der Waals surface area (Å²) in [5, 5.41) is 11.8. The molecule has 0 aromatic carbocycles. The van der Waals surface area contributed by atoms with Crippen molar-refractivity contribution in [2.45, 2.75) is 26.8 Å². The zero-order valence-corrected chi connectivity index (χ0v) is 11.5. The predicted octanol–water partition coefficient (Wildman–Crippen LogP) is 2.06. The number of halogens is 1. The van der Waals surface area contributed by atoms with E-state index >= 15 is 0 Å². The van der Waals surface area contributed by atoms with Crippen LogP contribution >= 0.6 is 0 Å². The molecule has 0 aliphatic rings. The van der Waals surface area contributed by atoms with E-state index in [0.717, 1.165) is 25.7 Å². The lowest BCUT2D eigenvalue weighted by Gasteiger charge is -2.23. The summed E-state index contributed by atoms with van der Waals surface area (Å²) in [5.74, 6) is -2.12. The quantitative estimate of drug-likeness (QED) is 0.793. The first-order valence-electron chi connectivity index (χ1n) is 6.36. The van der Waals surface area contributed by atoms with Gasteiger partial charge in [0.25, 0.3) is 0 Å². The van der Waals surface area contributed by atoms with E-state index in [-0.39, 0.29) is 17.4 Å². The molecule has 0 saturated heterocycles. The third-order valence-electron chi connectivity index (χ3n) is 2.93. The minimum absolute atomic E-state index is 0.0143. The molecule has 0 saturated carbocycles. The van der Waals surface area contributed by atoms with Crippen molar-refractivity contribution >= 4 is 11.8 Å². The molecule has 1 rings (SSSR count). The normalized spacial score (nSPS) is 12.5. The molecule has 0 aliphatic carbocycles. The third kappa shape index (κ3) is 4.17. The molecule has 0 amide bonds. The number of rotatable bonds is 7. The Morgan fingerprint density at radius 2 is 2.16 bits per heavy atom. The van der Waals surface area contributed by atoms with Crippen LogP contribution in [0.2, 0.25) is 0 Å². The van der Waals surface area contributed by atoms with E-state index in [2.05, 4.69) is 29.0 Å². The largest absolute Gasteiger partial charge is 0.478 e. The predicted molar refractivity (Wildman–Crippen MR) is 72.0 cm³/mol. The molecule has 5 nitrogen and oxygen atoms in total. The van der Waals surface area contributed by atoms with Gasteiger partial charge in [0.2, 0.25) is 0 Å². The van der Waals surface area contributed by atoms with Crippen molar-refractivity contribution in [3.8, 4) is 0 Å². The van der Waals surface area contributed by atoms with Gasteiger partial charge in [0, 0.05) is 18.8 Å². The fraction of sp³-hybridized carbons (Fsp3) is 0.538. The molecule has 1 atom stereocenters. The highest BCUT2D eigenvalue weighted by Gasteiger charge is 2.16. The summed E-state index contributed by atoms with van der Waals surface area (Å²) in [7, 11) is 0. The Labute approximate surface area is 112 Å². The van der Waals surface area contributed by atoms with Gasteiger partial charge in [-0.3, -0.25) is 0 Å². The van der Waals surface area contributed by atoms with Crippen LogP contribution in [0.1, 0.15) is 31.1 Å². The lowest BCUT2D eigenvalue weighted by molar-refractivity contribution is 0.0692. The molecule has 1 heterocycles. The molecule has 19 heavy (non-hydrogen) atoms. The maximum absolute atomic E-state index is 13.9. The summed E-state index contributed by atoms with van der Waals surface area (Å²) in [6.45, 7) is 8.58. The lowest BCUT2D eigenvalue weighted by atomic mass is 10.2. The van der Waals surface area contributed by atoms with Gasteiger partial charge in [-0.1, -0.05) is 13.8 Å². The number of aromatic nitrogens is 1. The van der Waals surface area contributed by atoms with Crippen LogP contribution in [0.3, 0.4) is 0 Å². The second-order valence-corrected chi connectivity index (χ2v) is 4.36. The first-order valence-corrected chi connectivity index (χ1v) is 6.36. The van der Waals surface area contributed by atoms with Crippen molar-refractivity contribution < 1.29 is 14.3 Å². The van der Waals surface area contributed by atoms with Gasteiger partial charge in [-0.2, -0.15) is 0 Å². The zero-order valence-electron chi connectivity index (χ0n) is 11.5. The number of pyridine rings is 1. The highest BCUT2D eigenvalue weighted by Crippen LogP contribution is 2.16. The van der Waals surface area contributed by atoms with Crippen molar-refractivity contribution in [1.29, 1.82) is 0 Å². The zero-order chi connectivity index (χ0) is 14.4. The van der Waals surface area contributed by atoms with Crippen molar-refractivity contribution in [3.63, 3.8) is 0 Å². The van der Waals surface area contributed by atoms with Crippen LogP contribution in [0.25, 0.3) is 0 Å². The molecule has 106 valence electrons. The highest BCUT2D eigenvalue weighted by atomic mass is 19.1. The van der Waals surface area contributed by atoms with Crippen LogP contribution in [0.5, 0.6) is 0 Å². The number of aromatic carboxylic acids is 1. The van der Waals surface area contributed by atoms with E-state index in [0.29, 0.717) is 0 Å². The standard InChI is InChI=1S/C13H20FN3O2/c1-4-17(5-2)8-9(3)16-12-11(14)10(13(18)19)6-7-15-12/h6-7,9H,4-5,8H2,1-3H3,(H,15,16)(H,18,19). The Hall–Kier alpha value is -1.69. The number of nitrogens with one attached hydrogen (secondary N) is 1. The van der Waals surface area contributed by atoms with E-state index in [1.54, 1.807) is 0 Å². The maximum atomic E-state index is 13.9. The van der Waals surface area contributed by atoms with E-state index < -0.39 is 11.8 Å². The van der Waals surface area contributed by atoms with Crippen LogP contribution in [-0.4, -0.2) is 46.6 Å². The Kier molecular flexibility index (Phi) is 5.69. The number of likely N-dealkylation sites (N-methyl/N-ethyl adjacent to an activating group) is 1. The maximum Gasteiger partial charge on any atom is 0.338 e. The molecule has 0 bridgehead atoms. The molecule has 1 aromatic rings. The van der Waals surface area contributed by atoms with Gasteiger partial charge in [-0.15, -0.1) is 0 Å². The molecule has 6 heteroatoms. The van der Waals surface area contributed by atoms with E-state index in [9.17, 15) is 9.18 Å². The third-order valence-corrected chi connectivity index (χ3v) is 2.93. The van der Waals surface area contributed by atoms with Crippen molar-refractivity contribution in [1.82, 2.24) is 9.88 Å². The van der Waals surface area contributed by atoms with Gasteiger partial charge >= 0.3 is 5.97 Å². The molecule has 0 radical (unpaired) electrons. The number of carboxylic acids is 1. The number of anilines is 1. The summed E-state index contributed by atoms with van der Waals surface area (Å²) in [5.41, 5.74) is -0.368. The van der Waals surface area contributed by atoms with Gasteiger partial charge in [-0.05, 0) is 26.1 Å². The first kappa shape index (κ1) is 15.4. The van der Waals surface area contributed by atoms with Crippen molar-refractivity contribution in [2.75, 3.05) is 25.0 Å². The highest BCUT2D eigenvalue weighted by molar-refractivity contribution is 5.88. The van der Waals surface area contributed by atoms with Crippen LogP contribution in [0.15, 0.2) is 12.3 Å². The summed E-state index contributed by atoms with van der Waals surface area (Å²) >= 11 is 0. The Morgan fingerprint density at radius 3 is 2.68 bits per heavy atom. The summed E-state index contributed by atoms with van der Waals surface area (Å²) in [6.07, 6.45) is 1.29. The Morgan fingerprint density at radius 1 is 1.53 bits per heavy atom. The Bertz CT molecular complexity index is 436. The average molecular weight is 269 g/mol. The number of carboxylic acid groups (broad SMARTS) is 1. The second kappa shape index (κ2) is 7.04. The minimum Gasteiger partial charge on any atom is -0.478 e.